The molecule has 0 spiro atoms. The van der Waals surface area contributed by atoms with Crippen LogP contribution in [0.25, 0.3) is 0 Å². The first-order valence-corrected chi connectivity index (χ1v) is 5.00. The molecule has 0 aliphatic carbocycles. The summed E-state index contributed by atoms with van der Waals surface area (Å²) < 4.78 is 0. The average Bonchev–Trinajstić information content (AvgIpc) is 2.15. The molecule has 0 heterocycles. The van der Waals surface area contributed by atoms with Crippen LogP contribution >= 0.6 is 11.8 Å². The van der Waals surface area contributed by atoms with Crippen LogP contribution < -0.4 is 0 Å². The number of nitriles is 1. The van der Waals surface area contributed by atoms with Crippen molar-refractivity contribution in [2.24, 2.45) is 0 Å². The number of benzene rings is 1. The molecule has 2 nitrogen and oxygen atoms in total. The summed E-state index contributed by atoms with van der Waals surface area (Å²) in [5.41, 5.74) is 0.904. The normalized spacial score (nSPS) is 12.1. The molecule has 0 aromatic heterocycles. The van der Waals surface area contributed by atoms with E-state index >= 15 is 0 Å². The fourth-order valence-electron chi connectivity index (χ4n) is 0.958. The Kier molecular flexibility index (Phi) is 3.81. The second-order valence-electron chi connectivity index (χ2n) is 2.69. The van der Waals surface area contributed by atoms with E-state index in [2.05, 4.69) is 6.07 Å². The minimum absolute atomic E-state index is 0.421. The van der Waals surface area contributed by atoms with Crippen LogP contribution in [0.15, 0.2) is 29.2 Å². The van der Waals surface area contributed by atoms with Crippen LogP contribution in [0.2, 0.25) is 0 Å². The Balaban J connectivity index is 2.65. The van der Waals surface area contributed by atoms with Crippen molar-refractivity contribution in [2.45, 2.75) is 17.9 Å². The van der Waals surface area contributed by atoms with Crippen LogP contribution in [-0.2, 0) is 0 Å². The summed E-state index contributed by atoms with van der Waals surface area (Å²) in [6, 6.07) is 9.67. The first kappa shape index (κ1) is 10.1. The van der Waals surface area contributed by atoms with Gasteiger partial charge in [-0.3, -0.25) is 0 Å². The third kappa shape index (κ3) is 3.10. The lowest BCUT2D eigenvalue weighted by Crippen LogP contribution is -1.89. The number of nitrogens with zero attached hydrogens (tertiary/aromatic N) is 1. The monoisotopic (exact) mass is 193 g/mol. The Bertz CT molecular complexity index is 300. The number of aliphatic hydroxyl groups excluding tert-OH is 1. The summed E-state index contributed by atoms with van der Waals surface area (Å²) in [5.74, 6) is 0.466. The molecule has 1 rings (SSSR count). The fourth-order valence-corrected chi connectivity index (χ4v) is 1.52. The van der Waals surface area contributed by atoms with Gasteiger partial charge < -0.3 is 5.11 Å². The zero-order valence-corrected chi connectivity index (χ0v) is 8.21. The molecule has 3 heteroatoms. The zero-order valence-electron chi connectivity index (χ0n) is 7.40. The van der Waals surface area contributed by atoms with Crippen molar-refractivity contribution < 1.29 is 5.11 Å². The maximum atomic E-state index is 9.23. The van der Waals surface area contributed by atoms with Gasteiger partial charge >= 0.3 is 0 Å². The molecule has 0 saturated carbocycles. The van der Waals surface area contributed by atoms with E-state index in [4.69, 9.17) is 5.26 Å². The molecule has 1 aromatic carbocycles. The highest BCUT2D eigenvalue weighted by molar-refractivity contribution is 7.99. The van der Waals surface area contributed by atoms with Crippen LogP contribution in [0.4, 0.5) is 0 Å². The predicted molar refractivity (Wildman–Crippen MR) is 53.4 cm³/mol. The summed E-state index contributed by atoms with van der Waals surface area (Å²) in [7, 11) is 0. The number of thioether (sulfide) groups is 1. The van der Waals surface area contributed by atoms with Gasteiger partial charge in [0.25, 0.3) is 0 Å². The first-order chi connectivity index (χ1) is 6.24. The molecule has 0 radical (unpaired) electrons. The van der Waals surface area contributed by atoms with E-state index < -0.39 is 6.10 Å². The second kappa shape index (κ2) is 4.90. The molecule has 0 bridgehead atoms. The Hall–Kier alpha value is -0.980. The van der Waals surface area contributed by atoms with E-state index in [-0.39, 0.29) is 0 Å². The number of rotatable bonds is 3. The van der Waals surface area contributed by atoms with Gasteiger partial charge in [0.05, 0.1) is 17.9 Å². The van der Waals surface area contributed by atoms with Crippen LogP contribution in [0, 0.1) is 11.3 Å². The van der Waals surface area contributed by atoms with Gasteiger partial charge in [0, 0.05) is 4.90 Å². The molecule has 0 saturated heterocycles. The van der Waals surface area contributed by atoms with Crippen molar-refractivity contribution >= 4 is 11.8 Å². The highest BCUT2D eigenvalue weighted by Crippen LogP contribution is 2.20. The van der Waals surface area contributed by atoms with E-state index in [0.29, 0.717) is 5.75 Å². The summed E-state index contributed by atoms with van der Waals surface area (Å²) in [6.07, 6.45) is -0.421. The van der Waals surface area contributed by atoms with Crippen molar-refractivity contribution in [1.29, 1.82) is 5.26 Å². The third-order valence-corrected chi connectivity index (χ3v) is 2.54. The van der Waals surface area contributed by atoms with Gasteiger partial charge in [0.1, 0.15) is 0 Å². The molecule has 0 fully saturated rings. The maximum Gasteiger partial charge on any atom is 0.0855 e. The molecule has 1 atom stereocenters. The smallest absolute Gasteiger partial charge is 0.0855 e. The molecule has 0 aliphatic heterocycles. The molecule has 68 valence electrons. The lowest BCUT2D eigenvalue weighted by Gasteiger charge is -2.04. The highest BCUT2D eigenvalue weighted by Gasteiger charge is 1.99. The molecular formula is C10H11NOS. The summed E-state index contributed by atoms with van der Waals surface area (Å²) in [4.78, 5) is 1.06. The second-order valence-corrected chi connectivity index (χ2v) is 3.74. The van der Waals surface area contributed by atoms with E-state index in [1.165, 1.54) is 11.8 Å². The van der Waals surface area contributed by atoms with Gasteiger partial charge in [0.15, 0.2) is 0 Å². The summed E-state index contributed by atoms with van der Waals surface area (Å²) in [5, 5.41) is 17.6. The van der Waals surface area contributed by atoms with Crippen LogP contribution in [-0.4, -0.2) is 10.9 Å². The van der Waals surface area contributed by atoms with Gasteiger partial charge in [-0.25, -0.2) is 0 Å². The minimum Gasteiger partial charge on any atom is -0.389 e. The Morgan fingerprint density at radius 1 is 1.46 bits per heavy atom. The topological polar surface area (TPSA) is 44.0 Å². The Labute approximate surface area is 82.2 Å². The van der Waals surface area contributed by atoms with Gasteiger partial charge in [-0.15, -0.1) is 11.8 Å². The van der Waals surface area contributed by atoms with Gasteiger partial charge in [-0.1, -0.05) is 12.1 Å². The van der Waals surface area contributed by atoms with Gasteiger partial charge in [-0.05, 0) is 24.6 Å². The van der Waals surface area contributed by atoms with Crippen molar-refractivity contribution in [2.75, 3.05) is 5.75 Å². The average molecular weight is 193 g/mol. The first-order valence-electron chi connectivity index (χ1n) is 4.02. The van der Waals surface area contributed by atoms with Crippen molar-refractivity contribution in [3.63, 3.8) is 0 Å². The van der Waals surface area contributed by atoms with Crippen LogP contribution in [0.5, 0.6) is 0 Å². The van der Waals surface area contributed by atoms with E-state index in [1.807, 2.05) is 24.3 Å². The van der Waals surface area contributed by atoms with Crippen LogP contribution in [0.1, 0.15) is 18.6 Å². The summed E-state index contributed by atoms with van der Waals surface area (Å²) in [6.45, 7) is 1.73. The lowest BCUT2D eigenvalue weighted by molar-refractivity contribution is 0.199. The van der Waals surface area contributed by atoms with Crippen molar-refractivity contribution in [3.05, 3.63) is 29.8 Å². The number of hydrogen-bond donors (Lipinski definition) is 1. The Morgan fingerprint density at radius 2 is 2.08 bits per heavy atom. The fraction of sp³-hybridized carbons (Fsp3) is 0.300. The number of hydrogen-bond acceptors (Lipinski definition) is 3. The highest BCUT2D eigenvalue weighted by atomic mass is 32.2. The standard InChI is InChI=1S/C10H11NOS/c1-8(12)9-2-4-10(5-3-9)13-7-6-11/h2-5,8,12H,7H2,1H3. The van der Waals surface area contributed by atoms with E-state index in [9.17, 15) is 5.11 Å². The van der Waals surface area contributed by atoms with Crippen molar-refractivity contribution in [1.82, 2.24) is 0 Å². The van der Waals surface area contributed by atoms with Crippen molar-refractivity contribution in [3.8, 4) is 6.07 Å². The molecule has 1 N–H and O–H groups in total. The SMILES string of the molecule is CC(O)c1ccc(SCC#N)cc1. The minimum atomic E-state index is -0.421. The maximum absolute atomic E-state index is 9.23. The molecular weight excluding hydrogens is 182 g/mol. The third-order valence-electron chi connectivity index (χ3n) is 1.67. The largest absolute Gasteiger partial charge is 0.389 e. The van der Waals surface area contributed by atoms with Gasteiger partial charge in [-0.2, -0.15) is 5.26 Å². The number of aliphatic hydroxyl groups is 1. The molecule has 0 amide bonds. The summed E-state index contributed by atoms with van der Waals surface area (Å²) >= 11 is 1.50. The molecule has 13 heavy (non-hydrogen) atoms. The van der Waals surface area contributed by atoms with Crippen LogP contribution in [0.3, 0.4) is 0 Å². The molecule has 1 aromatic rings. The predicted octanol–water partition coefficient (Wildman–Crippen LogP) is 2.36. The Morgan fingerprint density at radius 3 is 2.54 bits per heavy atom. The van der Waals surface area contributed by atoms with E-state index in [0.717, 1.165) is 10.5 Å². The lowest BCUT2D eigenvalue weighted by atomic mass is 10.1. The van der Waals surface area contributed by atoms with E-state index in [1.54, 1.807) is 6.92 Å². The van der Waals surface area contributed by atoms with Gasteiger partial charge in [0.2, 0.25) is 0 Å². The molecule has 0 aliphatic rings. The zero-order chi connectivity index (χ0) is 9.68. The quantitative estimate of drug-likeness (QED) is 0.749. The molecule has 1 unspecified atom stereocenters.